The predicted molar refractivity (Wildman–Crippen MR) is 80.9 cm³/mol. The van der Waals surface area contributed by atoms with Crippen LogP contribution in [0.4, 0.5) is 0 Å². The van der Waals surface area contributed by atoms with Gasteiger partial charge in [0.2, 0.25) is 0 Å². The zero-order chi connectivity index (χ0) is 14.3. The van der Waals surface area contributed by atoms with Crippen molar-refractivity contribution < 1.29 is 9.52 Å². The third kappa shape index (κ3) is 1.93. The first-order chi connectivity index (χ1) is 9.59. The number of rotatable bonds is 2. The van der Waals surface area contributed by atoms with E-state index in [4.69, 9.17) is 4.42 Å². The molecule has 0 radical (unpaired) electrons. The molecule has 0 bridgehead atoms. The minimum absolute atomic E-state index is 0.654. The number of furan rings is 1. The second kappa shape index (κ2) is 4.80. The van der Waals surface area contributed by atoms with Crippen molar-refractivity contribution in [3.63, 3.8) is 0 Å². The van der Waals surface area contributed by atoms with Crippen LogP contribution in [-0.4, -0.2) is 5.11 Å². The van der Waals surface area contributed by atoms with E-state index in [0.717, 1.165) is 39.0 Å². The summed E-state index contributed by atoms with van der Waals surface area (Å²) >= 11 is 0. The molecule has 0 aliphatic carbocycles. The van der Waals surface area contributed by atoms with Crippen molar-refractivity contribution in [2.75, 3.05) is 0 Å². The third-order valence-corrected chi connectivity index (χ3v) is 4.01. The highest BCUT2D eigenvalue weighted by atomic mass is 16.3. The van der Waals surface area contributed by atoms with Crippen LogP contribution in [-0.2, 0) is 0 Å². The van der Waals surface area contributed by atoms with E-state index in [2.05, 4.69) is 12.1 Å². The zero-order valence-corrected chi connectivity index (χ0v) is 12.0. The van der Waals surface area contributed by atoms with Crippen molar-refractivity contribution in [2.45, 2.75) is 26.9 Å². The van der Waals surface area contributed by atoms with Gasteiger partial charge in [0.1, 0.15) is 17.6 Å². The van der Waals surface area contributed by atoms with Crippen molar-refractivity contribution in [1.82, 2.24) is 0 Å². The Balaban J connectivity index is 2.20. The van der Waals surface area contributed by atoms with E-state index >= 15 is 0 Å². The molecule has 1 heterocycles. The maximum absolute atomic E-state index is 10.8. The Morgan fingerprint density at radius 3 is 2.30 bits per heavy atom. The summed E-state index contributed by atoms with van der Waals surface area (Å²) in [6.45, 7) is 5.83. The molecular weight excluding hydrogens is 248 g/mol. The number of hydrogen-bond donors (Lipinski definition) is 1. The molecule has 2 heteroatoms. The molecule has 0 aliphatic rings. The third-order valence-electron chi connectivity index (χ3n) is 4.01. The molecule has 2 nitrogen and oxygen atoms in total. The van der Waals surface area contributed by atoms with Crippen LogP contribution in [0.3, 0.4) is 0 Å². The Labute approximate surface area is 118 Å². The smallest absolute Gasteiger partial charge is 0.108 e. The van der Waals surface area contributed by atoms with Gasteiger partial charge < -0.3 is 9.52 Å². The van der Waals surface area contributed by atoms with Crippen LogP contribution in [0, 0.1) is 20.8 Å². The van der Waals surface area contributed by atoms with Gasteiger partial charge in [-0.1, -0.05) is 42.5 Å². The van der Waals surface area contributed by atoms with E-state index in [9.17, 15) is 5.11 Å². The molecule has 20 heavy (non-hydrogen) atoms. The van der Waals surface area contributed by atoms with Crippen LogP contribution in [0.5, 0.6) is 0 Å². The maximum atomic E-state index is 10.8. The number of fused-ring (bicyclic) bond motifs is 1. The second-order valence-corrected chi connectivity index (χ2v) is 5.22. The molecule has 0 spiro atoms. The Bertz CT molecular complexity index is 763. The van der Waals surface area contributed by atoms with Crippen molar-refractivity contribution in [3.8, 4) is 0 Å². The molecule has 3 rings (SSSR count). The molecular formula is C18H18O2. The largest absolute Gasteiger partial charge is 0.466 e. The summed E-state index contributed by atoms with van der Waals surface area (Å²) in [6, 6.07) is 14.1. The van der Waals surface area contributed by atoms with E-state index in [-0.39, 0.29) is 0 Å². The van der Waals surface area contributed by atoms with E-state index in [1.165, 1.54) is 0 Å². The molecule has 1 unspecified atom stereocenters. The summed E-state index contributed by atoms with van der Waals surface area (Å²) in [5.41, 5.74) is 2.84. The number of hydrogen-bond acceptors (Lipinski definition) is 2. The summed E-state index contributed by atoms with van der Waals surface area (Å²) in [6.07, 6.45) is -0.654. The molecule has 0 saturated heterocycles. The minimum Gasteiger partial charge on any atom is -0.466 e. The SMILES string of the molecule is Cc1oc(C)c(C(O)c2cccc3ccccc23)c1C. The topological polar surface area (TPSA) is 33.4 Å². The Morgan fingerprint density at radius 2 is 1.60 bits per heavy atom. The first-order valence-electron chi connectivity index (χ1n) is 6.82. The van der Waals surface area contributed by atoms with E-state index in [1.807, 2.05) is 51.1 Å². The fourth-order valence-electron chi connectivity index (χ4n) is 2.86. The number of aryl methyl sites for hydroxylation is 2. The first kappa shape index (κ1) is 12.9. The van der Waals surface area contributed by atoms with Gasteiger partial charge in [0, 0.05) is 5.56 Å². The minimum atomic E-state index is -0.654. The monoisotopic (exact) mass is 266 g/mol. The maximum Gasteiger partial charge on any atom is 0.108 e. The van der Waals surface area contributed by atoms with Crippen molar-refractivity contribution >= 4 is 10.8 Å². The highest BCUT2D eigenvalue weighted by Gasteiger charge is 2.21. The fourth-order valence-corrected chi connectivity index (χ4v) is 2.86. The quantitative estimate of drug-likeness (QED) is 0.744. The molecule has 0 amide bonds. The number of aliphatic hydroxyl groups excluding tert-OH is 1. The molecule has 0 aliphatic heterocycles. The van der Waals surface area contributed by atoms with Gasteiger partial charge in [-0.05, 0) is 42.7 Å². The van der Waals surface area contributed by atoms with Crippen LogP contribution in [0.2, 0.25) is 0 Å². The summed E-state index contributed by atoms with van der Waals surface area (Å²) in [4.78, 5) is 0. The summed E-state index contributed by atoms with van der Waals surface area (Å²) in [5, 5.41) is 13.0. The van der Waals surface area contributed by atoms with Gasteiger partial charge in [0.15, 0.2) is 0 Å². The van der Waals surface area contributed by atoms with Gasteiger partial charge in [-0.25, -0.2) is 0 Å². The van der Waals surface area contributed by atoms with Crippen molar-refractivity contribution in [3.05, 3.63) is 70.7 Å². The van der Waals surface area contributed by atoms with Gasteiger partial charge in [-0.15, -0.1) is 0 Å². The molecule has 1 aromatic heterocycles. The first-order valence-corrected chi connectivity index (χ1v) is 6.82. The summed E-state index contributed by atoms with van der Waals surface area (Å²) in [5.74, 6) is 1.66. The lowest BCUT2D eigenvalue weighted by atomic mass is 9.94. The van der Waals surface area contributed by atoms with Crippen LogP contribution >= 0.6 is 0 Å². The average Bonchev–Trinajstić information content (AvgIpc) is 2.71. The zero-order valence-electron chi connectivity index (χ0n) is 12.0. The summed E-state index contributed by atoms with van der Waals surface area (Å²) < 4.78 is 5.64. The highest BCUT2D eigenvalue weighted by Crippen LogP contribution is 2.34. The molecule has 0 fully saturated rings. The van der Waals surface area contributed by atoms with Gasteiger partial charge in [0.05, 0.1) is 0 Å². The van der Waals surface area contributed by atoms with Gasteiger partial charge in [0.25, 0.3) is 0 Å². The average molecular weight is 266 g/mol. The number of benzene rings is 2. The Morgan fingerprint density at radius 1 is 0.900 bits per heavy atom. The standard InChI is InChI=1S/C18H18O2/c1-11-12(2)20-13(3)17(11)18(19)16-10-6-8-14-7-4-5-9-15(14)16/h4-10,18-19H,1-3H3. The van der Waals surface area contributed by atoms with Crippen LogP contribution in [0.15, 0.2) is 46.9 Å². The highest BCUT2D eigenvalue weighted by molar-refractivity contribution is 5.86. The lowest BCUT2D eigenvalue weighted by molar-refractivity contribution is 0.219. The molecule has 102 valence electrons. The van der Waals surface area contributed by atoms with Crippen molar-refractivity contribution in [2.24, 2.45) is 0 Å². The number of aliphatic hydroxyl groups is 1. The van der Waals surface area contributed by atoms with Crippen LogP contribution in [0.1, 0.15) is 34.3 Å². The molecule has 0 saturated carbocycles. The van der Waals surface area contributed by atoms with E-state index in [1.54, 1.807) is 0 Å². The van der Waals surface area contributed by atoms with Gasteiger partial charge in [-0.2, -0.15) is 0 Å². The molecule has 1 N–H and O–H groups in total. The predicted octanol–water partition coefficient (Wildman–Crippen LogP) is 4.44. The summed E-state index contributed by atoms with van der Waals surface area (Å²) in [7, 11) is 0. The van der Waals surface area contributed by atoms with Gasteiger partial charge in [-0.3, -0.25) is 0 Å². The fraction of sp³-hybridized carbons (Fsp3) is 0.222. The van der Waals surface area contributed by atoms with E-state index in [0.29, 0.717) is 0 Å². The van der Waals surface area contributed by atoms with Gasteiger partial charge >= 0.3 is 0 Å². The molecule has 2 aromatic carbocycles. The Hall–Kier alpha value is -2.06. The van der Waals surface area contributed by atoms with E-state index < -0.39 is 6.10 Å². The second-order valence-electron chi connectivity index (χ2n) is 5.22. The van der Waals surface area contributed by atoms with Crippen LogP contribution < -0.4 is 0 Å². The lowest BCUT2D eigenvalue weighted by Crippen LogP contribution is -2.02. The Kier molecular flexibility index (Phi) is 3.11. The van der Waals surface area contributed by atoms with Crippen molar-refractivity contribution in [1.29, 1.82) is 0 Å². The molecule has 1 atom stereocenters. The normalized spacial score (nSPS) is 12.8. The lowest BCUT2D eigenvalue weighted by Gasteiger charge is -2.14. The van der Waals surface area contributed by atoms with Crippen LogP contribution in [0.25, 0.3) is 10.8 Å². The molecule has 3 aromatic rings.